The maximum absolute atomic E-state index is 12.5. The molecule has 1 unspecified atom stereocenters. The fourth-order valence-electron chi connectivity index (χ4n) is 2.94. The Labute approximate surface area is 138 Å². The monoisotopic (exact) mass is 324 g/mol. The van der Waals surface area contributed by atoms with Crippen LogP contribution < -0.4 is 5.73 Å². The molecular weight excluding hydrogens is 308 g/mol. The summed E-state index contributed by atoms with van der Waals surface area (Å²) in [6.07, 6.45) is 1.56. The summed E-state index contributed by atoms with van der Waals surface area (Å²) < 4.78 is 16.0. The Hall–Kier alpha value is -3.20. The van der Waals surface area contributed by atoms with Gasteiger partial charge in [-0.1, -0.05) is 12.1 Å². The predicted molar refractivity (Wildman–Crippen MR) is 86.2 cm³/mol. The van der Waals surface area contributed by atoms with Crippen LogP contribution in [0.5, 0.6) is 0 Å². The number of fused-ring (bicyclic) bond motifs is 1. The van der Waals surface area contributed by atoms with Gasteiger partial charge >= 0.3 is 5.97 Å². The van der Waals surface area contributed by atoms with Crippen molar-refractivity contribution in [1.29, 1.82) is 5.26 Å². The van der Waals surface area contributed by atoms with Crippen LogP contribution in [0, 0.1) is 11.3 Å². The third-order valence-electron chi connectivity index (χ3n) is 3.94. The van der Waals surface area contributed by atoms with E-state index in [4.69, 9.17) is 19.6 Å². The lowest BCUT2D eigenvalue weighted by Gasteiger charge is -2.27. The molecule has 1 aliphatic rings. The minimum Gasteiger partial charge on any atom is -0.464 e. The first kappa shape index (κ1) is 15.7. The van der Waals surface area contributed by atoms with E-state index in [1.165, 1.54) is 0 Å². The van der Waals surface area contributed by atoms with Crippen molar-refractivity contribution < 1.29 is 18.7 Å². The topological polar surface area (TPSA) is 98.5 Å². The van der Waals surface area contributed by atoms with Crippen LogP contribution in [0.3, 0.4) is 0 Å². The molecule has 1 aromatic carbocycles. The first-order valence-corrected chi connectivity index (χ1v) is 7.50. The second-order valence-electron chi connectivity index (χ2n) is 5.29. The zero-order valence-corrected chi connectivity index (χ0v) is 13.3. The molecule has 2 heterocycles. The summed E-state index contributed by atoms with van der Waals surface area (Å²) in [7, 11) is 0. The van der Waals surface area contributed by atoms with Crippen molar-refractivity contribution in [2.75, 3.05) is 6.61 Å². The van der Waals surface area contributed by atoms with Crippen LogP contribution in [0.15, 0.2) is 57.7 Å². The van der Waals surface area contributed by atoms with Crippen molar-refractivity contribution in [3.05, 3.63) is 58.9 Å². The van der Waals surface area contributed by atoms with Crippen LogP contribution in [0.4, 0.5) is 0 Å². The van der Waals surface area contributed by atoms with E-state index in [1.54, 1.807) is 32.2 Å². The fourth-order valence-corrected chi connectivity index (χ4v) is 2.94. The van der Waals surface area contributed by atoms with E-state index < -0.39 is 11.9 Å². The second-order valence-corrected chi connectivity index (χ2v) is 5.29. The van der Waals surface area contributed by atoms with Gasteiger partial charge in [0.25, 0.3) is 0 Å². The SMILES string of the molecule is CCOC(=O)C1=C(C)OC(N)=C(C#N)C1c1cccc2occc12. The zero-order chi connectivity index (χ0) is 17.3. The number of allylic oxidation sites excluding steroid dienone is 2. The van der Waals surface area contributed by atoms with Crippen molar-refractivity contribution in [3.8, 4) is 6.07 Å². The Morgan fingerprint density at radius 1 is 1.42 bits per heavy atom. The molecule has 0 aliphatic carbocycles. The average Bonchev–Trinajstić information content (AvgIpc) is 3.03. The summed E-state index contributed by atoms with van der Waals surface area (Å²) in [6, 6.07) is 9.32. The summed E-state index contributed by atoms with van der Waals surface area (Å²) in [5.74, 6) is -0.867. The van der Waals surface area contributed by atoms with Crippen molar-refractivity contribution >= 4 is 16.9 Å². The first-order valence-electron chi connectivity index (χ1n) is 7.50. The van der Waals surface area contributed by atoms with E-state index in [0.29, 0.717) is 11.3 Å². The largest absolute Gasteiger partial charge is 0.464 e. The molecule has 1 aromatic heterocycles. The number of nitrogens with zero attached hydrogens (tertiary/aromatic N) is 1. The molecule has 0 saturated carbocycles. The van der Waals surface area contributed by atoms with Gasteiger partial charge in [-0.25, -0.2) is 4.79 Å². The van der Waals surface area contributed by atoms with Gasteiger partial charge in [-0.3, -0.25) is 0 Å². The highest BCUT2D eigenvalue weighted by Crippen LogP contribution is 2.42. The highest BCUT2D eigenvalue weighted by atomic mass is 16.5. The minimum atomic E-state index is -0.663. The van der Waals surface area contributed by atoms with Crippen LogP contribution in [-0.4, -0.2) is 12.6 Å². The van der Waals surface area contributed by atoms with Gasteiger partial charge in [-0.15, -0.1) is 0 Å². The van der Waals surface area contributed by atoms with E-state index in [-0.39, 0.29) is 23.6 Å². The predicted octanol–water partition coefficient (Wildman–Crippen LogP) is 3.08. The Kier molecular flexibility index (Phi) is 4.00. The lowest BCUT2D eigenvalue weighted by molar-refractivity contribution is -0.139. The average molecular weight is 324 g/mol. The molecule has 0 amide bonds. The van der Waals surface area contributed by atoms with Gasteiger partial charge in [0.2, 0.25) is 5.88 Å². The van der Waals surface area contributed by atoms with Gasteiger partial charge in [0.1, 0.15) is 23.0 Å². The smallest absolute Gasteiger partial charge is 0.338 e. The van der Waals surface area contributed by atoms with Crippen LogP contribution in [0.1, 0.15) is 25.3 Å². The lowest BCUT2D eigenvalue weighted by atomic mass is 9.82. The Balaban J connectivity index is 2.25. The maximum Gasteiger partial charge on any atom is 0.338 e. The molecule has 0 bridgehead atoms. The highest BCUT2D eigenvalue weighted by Gasteiger charge is 2.37. The number of carbonyl (C=O) groups is 1. The number of nitrogens with two attached hydrogens (primary N) is 1. The minimum absolute atomic E-state index is 0.00598. The maximum atomic E-state index is 12.5. The molecule has 2 N–H and O–H groups in total. The number of carbonyl (C=O) groups excluding carboxylic acids is 1. The number of furan rings is 1. The van der Waals surface area contributed by atoms with Crippen LogP contribution in [-0.2, 0) is 14.3 Å². The zero-order valence-electron chi connectivity index (χ0n) is 13.3. The molecule has 6 nitrogen and oxygen atoms in total. The van der Waals surface area contributed by atoms with Gasteiger partial charge < -0.3 is 19.6 Å². The van der Waals surface area contributed by atoms with Gasteiger partial charge in [-0.05, 0) is 31.5 Å². The van der Waals surface area contributed by atoms with Crippen LogP contribution in [0.25, 0.3) is 11.0 Å². The number of ether oxygens (including phenoxy) is 2. The van der Waals surface area contributed by atoms with E-state index in [2.05, 4.69) is 6.07 Å². The summed E-state index contributed by atoms with van der Waals surface area (Å²) in [5, 5.41) is 10.4. The number of hydrogen-bond donors (Lipinski definition) is 1. The van der Waals surface area contributed by atoms with E-state index >= 15 is 0 Å². The third kappa shape index (κ3) is 2.40. The second kappa shape index (κ2) is 6.13. The summed E-state index contributed by atoms with van der Waals surface area (Å²) >= 11 is 0. The summed E-state index contributed by atoms with van der Waals surface area (Å²) in [5.41, 5.74) is 7.75. The molecule has 122 valence electrons. The molecule has 3 rings (SSSR count). The molecule has 0 fully saturated rings. The van der Waals surface area contributed by atoms with Crippen molar-refractivity contribution in [3.63, 3.8) is 0 Å². The molecule has 0 saturated heterocycles. The molecule has 24 heavy (non-hydrogen) atoms. The molecule has 2 aromatic rings. The quantitative estimate of drug-likeness (QED) is 0.871. The third-order valence-corrected chi connectivity index (χ3v) is 3.94. The normalized spacial score (nSPS) is 17.6. The number of esters is 1. The standard InChI is InChI=1S/C18H16N2O4/c1-3-22-18(21)15-10(2)24-17(20)13(9-19)16(15)12-5-4-6-14-11(12)7-8-23-14/h4-8,16H,3,20H2,1-2H3. The molecular formula is C18H16N2O4. The first-order chi connectivity index (χ1) is 11.6. The lowest BCUT2D eigenvalue weighted by Crippen LogP contribution is -2.25. The number of benzene rings is 1. The van der Waals surface area contributed by atoms with Crippen molar-refractivity contribution in [2.45, 2.75) is 19.8 Å². The molecule has 6 heteroatoms. The van der Waals surface area contributed by atoms with Gasteiger partial charge in [0.05, 0.1) is 24.4 Å². The molecule has 1 aliphatic heterocycles. The highest BCUT2D eigenvalue weighted by molar-refractivity contribution is 5.94. The van der Waals surface area contributed by atoms with Crippen molar-refractivity contribution in [2.24, 2.45) is 5.73 Å². The number of hydrogen-bond acceptors (Lipinski definition) is 6. The van der Waals surface area contributed by atoms with E-state index in [1.807, 2.05) is 12.1 Å². The van der Waals surface area contributed by atoms with E-state index in [9.17, 15) is 10.1 Å². The van der Waals surface area contributed by atoms with Gasteiger partial charge in [0, 0.05) is 5.39 Å². The molecule has 1 atom stereocenters. The summed E-state index contributed by atoms with van der Waals surface area (Å²) in [4.78, 5) is 12.5. The van der Waals surface area contributed by atoms with E-state index in [0.717, 1.165) is 10.9 Å². The molecule has 0 radical (unpaired) electrons. The molecule has 0 spiro atoms. The Bertz CT molecular complexity index is 914. The van der Waals surface area contributed by atoms with Gasteiger partial charge in [-0.2, -0.15) is 5.26 Å². The fraction of sp³-hybridized carbons (Fsp3) is 0.222. The van der Waals surface area contributed by atoms with Crippen LogP contribution >= 0.6 is 0 Å². The van der Waals surface area contributed by atoms with Crippen LogP contribution in [0.2, 0.25) is 0 Å². The number of rotatable bonds is 3. The number of nitriles is 1. The summed E-state index contributed by atoms with van der Waals surface area (Å²) in [6.45, 7) is 3.58. The van der Waals surface area contributed by atoms with Crippen molar-refractivity contribution in [1.82, 2.24) is 0 Å². The van der Waals surface area contributed by atoms with Gasteiger partial charge in [0.15, 0.2) is 0 Å². The Morgan fingerprint density at radius 2 is 2.21 bits per heavy atom. The Morgan fingerprint density at radius 3 is 2.92 bits per heavy atom.